The number of hydrogen-bond acceptors (Lipinski definition) is 5. The van der Waals surface area contributed by atoms with Gasteiger partial charge >= 0.3 is 5.97 Å². The van der Waals surface area contributed by atoms with E-state index in [2.05, 4.69) is 4.98 Å². The molecule has 0 aliphatic heterocycles. The molecule has 0 fully saturated rings. The number of imidazole rings is 1. The lowest BCUT2D eigenvalue weighted by molar-refractivity contribution is -0.384. The van der Waals surface area contributed by atoms with E-state index in [1.165, 1.54) is 29.1 Å². The lowest BCUT2D eigenvalue weighted by atomic mass is 10.1. The van der Waals surface area contributed by atoms with Crippen LogP contribution in [-0.4, -0.2) is 25.6 Å². The third kappa shape index (κ3) is 2.12. The molecule has 0 aliphatic rings. The minimum atomic E-state index is -1.26. The summed E-state index contributed by atoms with van der Waals surface area (Å²) in [5, 5.41) is 28.7. The minimum absolute atomic E-state index is 0.0221. The van der Waals surface area contributed by atoms with Crippen molar-refractivity contribution in [3.63, 3.8) is 0 Å². The number of benzene rings is 1. The van der Waals surface area contributed by atoms with Gasteiger partial charge in [-0.3, -0.25) is 14.7 Å². The number of carboxylic acids is 1. The third-order valence-corrected chi connectivity index (χ3v) is 2.42. The van der Waals surface area contributed by atoms with Crippen molar-refractivity contribution in [2.24, 2.45) is 0 Å². The number of aromatic nitrogens is 2. The van der Waals surface area contributed by atoms with Gasteiger partial charge in [-0.2, -0.15) is 5.26 Å². The third-order valence-electron chi connectivity index (χ3n) is 2.42. The fourth-order valence-corrected chi connectivity index (χ4v) is 1.59. The van der Waals surface area contributed by atoms with Crippen molar-refractivity contribution in [2.45, 2.75) is 0 Å². The largest absolute Gasteiger partial charge is 0.478 e. The number of nitriles is 1. The van der Waals surface area contributed by atoms with Gasteiger partial charge in [0.05, 0.1) is 10.5 Å². The summed E-state index contributed by atoms with van der Waals surface area (Å²) in [6.45, 7) is 0. The summed E-state index contributed by atoms with van der Waals surface area (Å²) in [5.74, 6) is -1.29. The number of hydrogen-bond donors (Lipinski definition) is 1. The molecule has 0 spiro atoms. The van der Waals surface area contributed by atoms with Crippen molar-refractivity contribution in [3.8, 4) is 11.8 Å². The summed E-state index contributed by atoms with van der Waals surface area (Å²) in [5.41, 5.74) is -0.521. The van der Waals surface area contributed by atoms with Gasteiger partial charge in [0, 0.05) is 18.5 Å². The van der Waals surface area contributed by atoms with Crippen molar-refractivity contribution >= 4 is 11.7 Å². The molecule has 0 radical (unpaired) electrons. The van der Waals surface area contributed by atoms with Gasteiger partial charge in [-0.1, -0.05) is 0 Å². The van der Waals surface area contributed by atoms with Gasteiger partial charge in [-0.05, 0) is 12.1 Å². The molecule has 0 aliphatic carbocycles. The summed E-state index contributed by atoms with van der Waals surface area (Å²) >= 11 is 0. The Kier molecular flexibility index (Phi) is 2.95. The van der Waals surface area contributed by atoms with Gasteiger partial charge in [0.25, 0.3) is 5.69 Å². The number of carbonyl (C=O) groups is 1. The van der Waals surface area contributed by atoms with E-state index in [9.17, 15) is 14.9 Å². The Morgan fingerprint density at radius 1 is 1.53 bits per heavy atom. The fourth-order valence-electron chi connectivity index (χ4n) is 1.59. The highest BCUT2D eigenvalue weighted by atomic mass is 16.6. The molecule has 1 aromatic carbocycles. The zero-order valence-electron chi connectivity index (χ0n) is 9.35. The van der Waals surface area contributed by atoms with E-state index in [4.69, 9.17) is 10.4 Å². The summed E-state index contributed by atoms with van der Waals surface area (Å²) in [7, 11) is 0. The van der Waals surface area contributed by atoms with E-state index in [1.807, 2.05) is 0 Å². The monoisotopic (exact) mass is 258 g/mol. The Hall–Kier alpha value is -3.21. The van der Waals surface area contributed by atoms with Crippen molar-refractivity contribution in [2.75, 3.05) is 0 Å². The summed E-state index contributed by atoms with van der Waals surface area (Å²) in [6, 6.07) is 5.23. The van der Waals surface area contributed by atoms with Crippen molar-refractivity contribution < 1.29 is 14.8 Å². The molecular weight excluding hydrogens is 252 g/mol. The Morgan fingerprint density at radius 3 is 2.84 bits per heavy atom. The van der Waals surface area contributed by atoms with E-state index >= 15 is 0 Å². The maximum atomic E-state index is 11.0. The zero-order valence-corrected chi connectivity index (χ0v) is 9.35. The van der Waals surface area contributed by atoms with Crippen LogP contribution in [0.3, 0.4) is 0 Å². The molecule has 0 bridgehead atoms. The van der Waals surface area contributed by atoms with Gasteiger partial charge in [-0.25, -0.2) is 9.78 Å². The first-order chi connectivity index (χ1) is 9.04. The topological polar surface area (TPSA) is 122 Å². The van der Waals surface area contributed by atoms with Crippen LogP contribution in [0.5, 0.6) is 0 Å². The molecule has 8 nitrogen and oxygen atoms in total. The van der Waals surface area contributed by atoms with E-state index in [1.54, 1.807) is 6.07 Å². The second-order valence-corrected chi connectivity index (χ2v) is 3.50. The summed E-state index contributed by atoms with van der Waals surface area (Å²) < 4.78 is 1.23. The molecule has 1 N–H and O–H groups in total. The quantitative estimate of drug-likeness (QED) is 0.654. The molecule has 19 heavy (non-hydrogen) atoms. The van der Waals surface area contributed by atoms with Crippen LogP contribution in [0.15, 0.2) is 30.6 Å². The lowest BCUT2D eigenvalue weighted by Crippen LogP contribution is -2.04. The number of rotatable bonds is 3. The number of nitrogens with zero attached hydrogens (tertiary/aromatic N) is 4. The molecule has 0 amide bonds. The number of nitro benzene ring substituents is 1. The molecule has 2 aromatic rings. The highest BCUT2D eigenvalue weighted by Crippen LogP contribution is 2.25. The van der Waals surface area contributed by atoms with Crippen LogP contribution < -0.4 is 0 Å². The second-order valence-electron chi connectivity index (χ2n) is 3.50. The van der Waals surface area contributed by atoms with Crippen LogP contribution in [0.1, 0.15) is 16.2 Å². The highest BCUT2D eigenvalue weighted by molar-refractivity contribution is 5.89. The molecular formula is C11H6N4O4. The van der Waals surface area contributed by atoms with Crippen LogP contribution in [0.25, 0.3) is 5.69 Å². The molecule has 2 rings (SSSR count). The maximum Gasteiger partial charge on any atom is 0.335 e. The van der Waals surface area contributed by atoms with E-state index in [0.29, 0.717) is 0 Å². The standard InChI is InChI=1S/C11H6N4O4/c12-6-10-13-3-4-14(10)8-2-1-7(11(16)17)5-9(8)15(18)19/h1-5H,(H,16,17). The van der Waals surface area contributed by atoms with E-state index in [-0.39, 0.29) is 17.1 Å². The summed E-state index contributed by atoms with van der Waals surface area (Å²) in [6.07, 6.45) is 2.72. The Labute approximate surface area is 106 Å². The zero-order chi connectivity index (χ0) is 14.0. The molecule has 0 saturated carbocycles. The minimum Gasteiger partial charge on any atom is -0.478 e. The van der Waals surface area contributed by atoms with Gasteiger partial charge in [-0.15, -0.1) is 0 Å². The predicted octanol–water partition coefficient (Wildman–Crippen LogP) is 1.35. The van der Waals surface area contributed by atoms with Crippen molar-refractivity contribution in [1.29, 1.82) is 5.26 Å². The molecule has 8 heteroatoms. The van der Waals surface area contributed by atoms with Gasteiger partial charge in [0.2, 0.25) is 5.82 Å². The Bertz CT molecular complexity index is 714. The molecule has 1 heterocycles. The first kappa shape index (κ1) is 12.3. The lowest BCUT2D eigenvalue weighted by Gasteiger charge is -2.05. The van der Waals surface area contributed by atoms with E-state index < -0.39 is 16.6 Å². The van der Waals surface area contributed by atoms with Crippen LogP contribution in [0, 0.1) is 21.4 Å². The smallest absolute Gasteiger partial charge is 0.335 e. The van der Waals surface area contributed by atoms with Crippen LogP contribution in [0.2, 0.25) is 0 Å². The number of aromatic carboxylic acids is 1. The van der Waals surface area contributed by atoms with Crippen molar-refractivity contribution in [3.05, 3.63) is 52.1 Å². The second kappa shape index (κ2) is 4.58. The SMILES string of the molecule is N#Cc1nccn1-c1ccc(C(=O)O)cc1[N+](=O)[O-]. The van der Waals surface area contributed by atoms with E-state index in [0.717, 1.165) is 6.07 Å². The first-order valence-electron chi connectivity index (χ1n) is 5.00. The maximum absolute atomic E-state index is 11.0. The highest BCUT2D eigenvalue weighted by Gasteiger charge is 2.20. The molecule has 0 atom stereocenters. The van der Waals surface area contributed by atoms with Gasteiger partial charge < -0.3 is 5.11 Å². The van der Waals surface area contributed by atoms with Crippen molar-refractivity contribution in [1.82, 2.24) is 9.55 Å². The van der Waals surface area contributed by atoms with Crippen LogP contribution in [0.4, 0.5) is 5.69 Å². The molecule has 1 aromatic heterocycles. The molecule has 94 valence electrons. The van der Waals surface area contributed by atoms with Crippen LogP contribution in [-0.2, 0) is 0 Å². The van der Waals surface area contributed by atoms with Crippen LogP contribution >= 0.6 is 0 Å². The van der Waals surface area contributed by atoms with Gasteiger partial charge in [0.15, 0.2) is 0 Å². The Balaban J connectivity index is 2.68. The number of carboxylic acid groups (broad SMARTS) is 1. The molecule has 0 unspecified atom stereocenters. The summed E-state index contributed by atoms with van der Waals surface area (Å²) in [4.78, 5) is 24.8. The Morgan fingerprint density at radius 2 is 2.26 bits per heavy atom. The predicted molar refractivity (Wildman–Crippen MR) is 61.9 cm³/mol. The normalized spacial score (nSPS) is 9.84. The first-order valence-corrected chi connectivity index (χ1v) is 5.00. The fraction of sp³-hybridized carbons (Fsp3) is 0. The molecule has 0 saturated heterocycles. The average Bonchev–Trinajstić information content (AvgIpc) is 2.85. The average molecular weight is 258 g/mol. The van der Waals surface area contributed by atoms with Gasteiger partial charge in [0.1, 0.15) is 11.8 Å². The number of nitro groups is 1.